The maximum atomic E-state index is 13.7. The second-order valence-corrected chi connectivity index (χ2v) is 12.4. The number of thiazole rings is 1. The van der Waals surface area contributed by atoms with Gasteiger partial charge in [-0.2, -0.15) is 4.31 Å². The second kappa shape index (κ2) is 9.97. The van der Waals surface area contributed by atoms with Crippen LogP contribution in [0.1, 0.15) is 54.9 Å². The van der Waals surface area contributed by atoms with Crippen LogP contribution < -0.4 is 4.90 Å². The molecule has 1 amide bonds. The molecule has 0 aliphatic carbocycles. The van der Waals surface area contributed by atoms with Crippen molar-refractivity contribution in [2.45, 2.75) is 63.0 Å². The van der Waals surface area contributed by atoms with Gasteiger partial charge >= 0.3 is 0 Å². The van der Waals surface area contributed by atoms with Gasteiger partial charge in [0.25, 0.3) is 5.91 Å². The molecule has 3 aromatic rings. The number of aromatic nitrogens is 1. The van der Waals surface area contributed by atoms with Gasteiger partial charge in [0, 0.05) is 24.8 Å². The predicted octanol–water partition coefficient (Wildman–Crippen LogP) is 4.99. The zero-order valence-corrected chi connectivity index (χ0v) is 21.8. The summed E-state index contributed by atoms with van der Waals surface area (Å²) in [5.74, 6) is -0.202. The van der Waals surface area contributed by atoms with E-state index >= 15 is 0 Å². The van der Waals surface area contributed by atoms with Gasteiger partial charge in [0.15, 0.2) is 5.13 Å². The third kappa shape index (κ3) is 5.00. The molecule has 0 saturated carbocycles. The fourth-order valence-corrected chi connectivity index (χ4v) is 7.64. The average Bonchev–Trinajstić information content (AvgIpc) is 3.52. The number of benzene rings is 2. The highest BCUT2D eigenvalue weighted by Gasteiger charge is 2.32. The first-order valence-corrected chi connectivity index (χ1v) is 14.5. The van der Waals surface area contributed by atoms with Crippen LogP contribution in [0.3, 0.4) is 0 Å². The molecular formula is C26H31N3O4S2. The molecule has 2 aliphatic rings. The predicted molar refractivity (Wildman–Crippen MR) is 139 cm³/mol. The molecule has 0 N–H and O–H groups in total. The van der Waals surface area contributed by atoms with Gasteiger partial charge in [-0.05, 0) is 81.5 Å². The SMILES string of the molecule is Cc1ccc2nc(N(CC3CCCO3)C(=O)c3ccc(S(=O)(=O)N4CCCCC4C)cc3)sc2c1. The molecule has 0 radical (unpaired) electrons. The fraction of sp³-hybridized carbons (Fsp3) is 0.462. The first kappa shape index (κ1) is 24.4. The number of hydrogen-bond acceptors (Lipinski definition) is 6. The van der Waals surface area contributed by atoms with Crippen LogP contribution in [0, 0.1) is 6.92 Å². The van der Waals surface area contributed by atoms with Crippen molar-refractivity contribution in [1.82, 2.24) is 9.29 Å². The highest BCUT2D eigenvalue weighted by Crippen LogP contribution is 2.32. The smallest absolute Gasteiger partial charge is 0.260 e. The summed E-state index contributed by atoms with van der Waals surface area (Å²) in [5.41, 5.74) is 2.44. The lowest BCUT2D eigenvalue weighted by Crippen LogP contribution is -2.42. The summed E-state index contributed by atoms with van der Waals surface area (Å²) in [6, 6.07) is 12.4. The molecule has 3 heterocycles. The Kier molecular flexibility index (Phi) is 6.94. The van der Waals surface area contributed by atoms with Gasteiger partial charge in [-0.15, -0.1) is 0 Å². The van der Waals surface area contributed by atoms with Crippen LogP contribution in [-0.2, 0) is 14.8 Å². The Morgan fingerprint density at radius 1 is 1.14 bits per heavy atom. The molecule has 2 saturated heterocycles. The van der Waals surface area contributed by atoms with Gasteiger partial charge in [-0.3, -0.25) is 9.69 Å². The zero-order valence-electron chi connectivity index (χ0n) is 20.1. The van der Waals surface area contributed by atoms with Gasteiger partial charge in [-0.25, -0.2) is 13.4 Å². The highest BCUT2D eigenvalue weighted by molar-refractivity contribution is 7.89. The quantitative estimate of drug-likeness (QED) is 0.464. The lowest BCUT2D eigenvalue weighted by atomic mass is 10.1. The van der Waals surface area contributed by atoms with Crippen LogP contribution in [0.4, 0.5) is 5.13 Å². The maximum Gasteiger partial charge on any atom is 0.260 e. The second-order valence-electron chi connectivity index (χ2n) is 9.50. The van der Waals surface area contributed by atoms with E-state index in [9.17, 15) is 13.2 Å². The monoisotopic (exact) mass is 513 g/mol. The van der Waals surface area contributed by atoms with E-state index in [1.54, 1.807) is 33.5 Å². The third-order valence-electron chi connectivity index (χ3n) is 6.87. The number of sulfonamides is 1. The van der Waals surface area contributed by atoms with Crippen LogP contribution in [0.15, 0.2) is 47.4 Å². The number of carbonyl (C=O) groups is 1. The number of nitrogens with zero attached hydrogens (tertiary/aromatic N) is 3. The maximum absolute atomic E-state index is 13.7. The van der Waals surface area contributed by atoms with Gasteiger partial charge in [-0.1, -0.05) is 23.8 Å². The van der Waals surface area contributed by atoms with Crippen molar-refractivity contribution >= 4 is 42.6 Å². The van der Waals surface area contributed by atoms with Crippen molar-refractivity contribution in [3.05, 3.63) is 53.6 Å². The van der Waals surface area contributed by atoms with Crippen molar-refractivity contribution in [2.24, 2.45) is 0 Å². The molecular weight excluding hydrogens is 482 g/mol. The molecule has 0 spiro atoms. The van der Waals surface area contributed by atoms with Crippen LogP contribution in [0.25, 0.3) is 10.2 Å². The van der Waals surface area contributed by atoms with Gasteiger partial charge < -0.3 is 4.74 Å². The number of ether oxygens (including phenoxy) is 1. The van der Waals surface area contributed by atoms with Crippen LogP contribution in [-0.4, -0.2) is 55.5 Å². The van der Waals surface area contributed by atoms with Crippen LogP contribution >= 0.6 is 11.3 Å². The Labute approximate surface area is 210 Å². The van der Waals surface area contributed by atoms with E-state index in [1.807, 2.05) is 26.0 Å². The summed E-state index contributed by atoms with van der Waals surface area (Å²) in [5, 5.41) is 0.630. The average molecular weight is 514 g/mol. The van der Waals surface area contributed by atoms with Crippen LogP contribution in [0.5, 0.6) is 0 Å². The van der Waals surface area contributed by atoms with Crippen molar-refractivity contribution in [3.63, 3.8) is 0 Å². The molecule has 9 heteroatoms. The molecule has 2 aromatic carbocycles. The summed E-state index contributed by atoms with van der Waals surface area (Å²) >= 11 is 1.49. The molecule has 2 atom stereocenters. The minimum absolute atomic E-state index is 0.0142. The van der Waals surface area contributed by atoms with E-state index in [0.29, 0.717) is 30.4 Å². The minimum atomic E-state index is -3.59. The molecule has 186 valence electrons. The number of piperidine rings is 1. The summed E-state index contributed by atoms with van der Waals surface area (Å²) in [4.78, 5) is 20.3. The van der Waals surface area contributed by atoms with E-state index in [2.05, 4.69) is 6.07 Å². The third-order valence-corrected chi connectivity index (χ3v) is 9.94. The topological polar surface area (TPSA) is 79.8 Å². The normalized spacial score (nSPS) is 21.4. The first-order chi connectivity index (χ1) is 16.8. The number of hydrogen-bond donors (Lipinski definition) is 0. The molecule has 2 aliphatic heterocycles. The Morgan fingerprint density at radius 2 is 1.94 bits per heavy atom. The molecule has 2 fully saturated rings. The van der Waals surface area contributed by atoms with Crippen molar-refractivity contribution in [2.75, 3.05) is 24.6 Å². The Balaban J connectivity index is 1.43. The van der Waals surface area contributed by atoms with Crippen molar-refractivity contribution < 1.29 is 17.9 Å². The van der Waals surface area contributed by atoms with Gasteiger partial charge in [0.1, 0.15) is 0 Å². The molecule has 1 aromatic heterocycles. The highest BCUT2D eigenvalue weighted by atomic mass is 32.2. The summed E-state index contributed by atoms with van der Waals surface area (Å²) in [6.07, 6.45) is 4.64. The first-order valence-electron chi connectivity index (χ1n) is 12.3. The van der Waals surface area contributed by atoms with E-state index in [0.717, 1.165) is 47.9 Å². The van der Waals surface area contributed by atoms with Gasteiger partial charge in [0.05, 0.1) is 27.8 Å². The minimum Gasteiger partial charge on any atom is -0.376 e. The molecule has 0 bridgehead atoms. The molecule has 2 unspecified atom stereocenters. The Hall–Kier alpha value is -2.33. The standard InChI is InChI=1S/C26H31N3O4S2/c1-18-8-13-23-24(16-18)34-26(27-23)28(17-21-7-5-15-33-21)25(30)20-9-11-22(12-10-20)35(31,32)29-14-4-3-6-19(29)2/h8-13,16,19,21H,3-7,14-15,17H2,1-2H3. The van der Waals surface area contributed by atoms with E-state index in [4.69, 9.17) is 9.72 Å². The number of aryl methyl sites for hydroxylation is 1. The fourth-order valence-electron chi connectivity index (χ4n) is 4.86. The lowest BCUT2D eigenvalue weighted by Gasteiger charge is -2.32. The number of carbonyl (C=O) groups excluding carboxylic acids is 1. The number of anilines is 1. The number of rotatable bonds is 6. The Bertz CT molecular complexity index is 1310. The molecule has 7 nitrogen and oxygen atoms in total. The van der Waals surface area contributed by atoms with Crippen LogP contribution in [0.2, 0.25) is 0 Å². The zero-order chi connectivity index (χ0) is 24.6. The lowest BCUT2D eigenvalue weighted by molar-refractivity contribution is 0.0917. The van der Waals surface area contributed by atoms with Gasteiger partial charge in [0.2, 0.25) is 10.0 Å². The summed E-state index contributed by atoms with van der Waals surface area (Å²) in [7, 11) is -3.59. The Morgan fingerprint density at radius 3 is 2.66 bits per heavy atom. The van der Waals surface area contributed by atoms with E-state index < -0.39 is 10.0 Å². The molecule has 5 rings (SSSR count). The summed E-state index contributed by atoms with van der Waals surface area (Å²) in [6.45, 7) is 5.65. The van der Waals surface area contributed by atoms with Crippen molar-refractivity contribution in [3.8, 4) is 0 Å². The number of amides is 1. The number of fused-ring (bicyclic) bond motifs is 1. The largest absolute Gasteiger partial charge is 0.376 e. The summed E-state index contributed by atoms with van der Waals surface area (Å²) < 4.78 is 34.8. The molecule has 35 heavy (non-hydrogen) atoms. The van der Waals surface area contributed by atoms with E-state index in [-0.39, 0.29) is 22.9 Å². The van der Waals surface area contributed by atoms with Crippen molar-refractivity contribution in [1.29, 1.82) is 0 Å². The van der Waals surface area contributed by atoms with E-state index in [1.165, 1.54) is 11.3 Å².